The number of rotatable bonds is 4. The zero-order valence-corrected chi connectivity index (χ0v) is 14.4. The van der Waals surface area contributed by atoms with E-state index in [1.54, 1.807) is 0 Å². The molecule has 1 rings (SSSR count). The summed E-state index contributed by atoms with van der Waals surface area (Å²) >= 11 is 0. The summed E-state index contributed by atoms with van der Waals surface area (Å²) in [4.78, 5) is 10.7. The third kappa shape index (κ3) is 4.35. The van der Waals surface area contributed by atoms with E-state index in [9.17, 15) is 4.79 Å². The summed E-state index contributed by atoms with van der Waals surface area (Å²) in [6, 6.07) is 0. The molecule has 1 atom stereocenters. The number of carbonyl (C=O) groups is 1. The van der Waals surface area contributed by atoms with Crippen LogP contribution in [0.2, 0.25) is 19.6 Å². The van der Waals surface area contributed by atoms with Crippen molar-refractivity contribution in [1.82, 2.24) is 0 Å². The lowest BCUT2D eigenvalue weighted by Gasteiger charge is -2.25. The summed E-state index contributed by atoms with van der Waals surface area (Å²) in [6.45, 7) is 13.7. The van der Waals surface area contributed by atoms with Crippen LogP contribution in [0.25, 0.3) is 0 Å². The maximum atomic E-state index is 10.7. The lowest BCUT2D eigenvalue weighted by Crippen LogP contribution is -2.19. The Morgan fingerprint density at radius 1 is 1.37 bits per heavy atom. The maximum absolute atomic E-state index is 10.7. The van der Waals surface area contributed by atoms with E-state index in [-0.39, 0.29) is 5.41 Å². The molecule has 0 saturated carbocycles. The van der Waals surface area contributed by atoms with E-state index in [2.05, 4.69) is 51.9 Å². The van der Waals surface area contributed by atoms with Crippen LogP contribution in [0, 0.1) is 22.8 Å². The van der Waals surface area contributed by atoms with Crippen molar-refractivity contribution in [2.24, 2.45) is 11.3 Å². The van der Waals surface area contributed by atoms with Gasteiger partial charge in [0.25, 0.3) is 0 Å². The molecule has 2 heteroatoms. The Hall–Kier alpha value is -0.813. The van der Waals surface area contributed by atoms with Crippen LogP contribution in [0.1, 0.15) is 46.5 Å². The number of allylic oxidation sites excluding steroid dienone is 2. The van der Waals surface area contributed by atoms with Gasteiger partial charge in [-0.25, -0.2) is 0 Å². The van der Waals surface area contributed by atoms with Gasteiger partial charge in [-0.05, 0) is 25.2 Å². The molecule has 0 unspecified atom stereocenters. The molecule has 0 amide bonds. The molecule has 0 bridgehead atoms. The Morgan fingerprint density at radius 3 is 2.47 bits per heavy atom. The minimum absolute atomic E-state index is 0.132. The normalized spacial score (nSPS) is 23.5. The molecule has 1 aliphatic carbocycles. The Bertz CT molecular complexity index is 428. The SMILES string of the molecule is CC(C)C1=C(C#C[Si](C)(C)C)[C@](C)(CCC=O)CC1. The lowest BCUT2D eigenvalue weighted by atomic mass is 9.79. The number of hydrogen-bond acceptors (Lipinski definition) is 1. The Balaban J connectivity index is 3.14. The minimum Gasteiger partial charge on any atom is -0.303 e. The molecule has 0 aromatic rings. The van der Waals surface area contributed by atoms with E-state index in [0.29, 0.717) is 12.3 Å². The number of hydrogen-bond donors (Lipinski definition) is 0. The zero-order chi connectivity index (χ0) is 14.7. The molecule has 0 aromatic carbocycles. The maximum Gasteiger partial charge on any atom is 0.129 e. The predicted octanol–water partition coefficient (Wildman–Crippen LogP) is 4.60. The first-order chi connectivity index (χ1) is 8.69. The number of carbonyl (C=O) groups excluding carboxylic acids is 1. The molecule has 0 heterocycles. The van der Waals surface area contributed by atoms with Gasteiger partial charge in [0.1, 0.15) is 14.4 Å². The second kappa shape index (κ2) is 6.09. The molecular formula is C17H28OSi. The van der Waals surface area contributed by atoms with E-state index in [1.165, 1.54) is 11.1 Å². The van der Waals surface area contributed by atoms with Crippen LogP contribution < -0.4 is 0 Å². The summed E-state index contributed by atoms with van der Waals surface area (Å²) in [5.41, 5.74) is 6.54. The highest BCUT2D eigenvalue weighted by Gasteiger charge is 2.36. The van der Waals surface area contributed by atoms with Gasteiger partial charge in [0.2, 0.25) is 0 Å². The topological polar surface area (TPSA) is 17.1 Å². The summed E-state index contributed by atoms with van der Waals surface area (Å²) in [5, 5.41) is 0. The Labute approximate surface area is 119 Å². The van der Waals surface area contributed by atoms with E-state index in [0.717, 1.165) is 25.5 Å². The van der Waals surface area contributed by atoms with E-state index < -0.39 is 8.07 Å². The smallest absolute Gasteiger partial charge is 0.129 e. The molecule has 1 aliphatic rings. The quantitative estimate of drug-likeness (QED) is 0.417. The molecular weight excluding hydrogens is 248 g/mol. The van der Waals surface area contributed by atoms with Gasteiger partial charge in [-0.3, -0.25) is 0 Å². The van der Waals surface area contributed by atoms with Crippen molar-refractivity contribution in [3.8, 4) is 11.5 Å². The molecule has 106 valence electrons. The van der Waals surface area contributed by atoms with Crippen molar-refractivity contribution in [3.05, 3.63) is 11.1 Å². The summed E-state index contributed by atoms with van der Waals surface area (Å²) in [7, 11) is -1.35. The molecule has 0 spiro atoms. The van der Waals surface area contributed by atoms with Gasteiger partial charge in [0.05, 0.1) is 0 Å². The van der Waals surface area contributed by atoms with E-state index in [1.807, 2.05) is 0 Å². The van der Waals surface area contributed by atoms with Crippen LogP contribution in [0.3, 0.4) is 0 Å². The zero-order valence-electron chi connectivity index (χ0n) is 13.4. The second-order valence-electron chi connectivity index (χ2n) is 7.32. The highest BCUT2D eigenvalue weighted by atomic mass is 28.3. The first-order valence-corrected chi connectivity index (χ1v) is 10.9. The summed E-state index contributed by atoms with van der Waals surface area (Å²) in [5.74, 6) is 4.10. The lowest BCUT2D eigenvalue weighted by molar-refractivity contribution is -0.108. The van der Waals surface area contributed by atoms with Gasteiger partial charge < -0.3 is 4.79 Å². The van der Waals surface area contributed by atoms with Crippen LogP contribution >= 0.6 is 0 Å². The monoisotopic (exact) mass is 276 g/mol. The fourth-order valence-corrected chi connectivity index (χ4v) is 3.23. The molecule has 0 radical (unpaired) electrons. The standard InChI is InChI=1S/C17H28OSi/c1-14(2)15-8-11-17(3,10-7-12-18)16(15)9-13-19(4,5)6/h12,14H,7-8,10-11H2,1-6H3/t17-/m1/s1. The van der Waals surface area contributed by atoms with Crippen LogP contribution in [-0.2, 0) is 4.79 Å². The molecule has 0 aromatic heterocycles. The first kappa shape index (κ1) is 16.2. The average molecular weight is 276 g/mol. The largest absolute Gasteiger partial charge is 0.303 e. The molecule has 0 fully saturated rings. The highest BCUT2D eigenvalue weighted by Crippen LogP contribution is 2.47. The van der Waals surface area contributed by atoms with Crippen molar-refractivity contribution in [2.45, 2.75) is 66.1 Å². The van der Waals surface area contributed by atoms with Gasteiger partial charge >= 0.3 is 0 Å². The van der Waals surface area contributed by atoms with Crippen LogP contribution in [-0.4, -0.2) is 14.4 Å². The minimum atomic E-state index is -1.35. The average Bonchev–Trinajstić information content (AvgIpc) is 2.61. The number of aldehydes is 1. The fraction of sp³-hybridized carbons (Fsp3) is 0.706. The molecule has 19 heavy (non-hydrogen) atoms. The Morgan fingerprint density at radius 2 is 2.00 bits per heavy atom. The van der Waals surface area contributed by atoms with Gasteiger partial charge in [0, 0.05) is 17.4 Å². The van der Waals surface area contributed by atoms with Crippen LogP contribution in [0.4, 0.5) is 0 Å². The van der Waals surface area contributed by atoms with Gasteiger partial charge in [-0.2, -0.15) is 0 Å². The third-order valence-corrected chi connectivity index (χ3v) is 4.82. The fourth-order valence-electron chi connectivity index (χ4n) is 2.73. The van der Waals surface area contributed by atoms with Crippen molar-refractivity contribution in [2.75, 3.05) is 0 Å². The van der Waals surface area contributed by atoms with Crippen molar-refractivity contribution in [1.29, 1.82) is 0 Å². The van der Waals surface area contributed by atoms with Crippen molar-refractivity contribution in [3.63, 3.8) is 0 Å². The van der Waals surface area contributed by atoms with Crippen molar-refractivity contribution < 1.29 is 4.79 Å². The van der Waals surface area contributed by atoms with Crippen LogP contribution in [0.5, 0.6) is 0 Å². The third-order valence-electron chi connectivity index (χ3n) is 3.94. The van der Waals surface area contributed by atoms with Gasteiger partial charge in [0.15, 0.2) is 0 Å². The van der Waals surface area contributed by atoms with Gasteiger partial charge in [-0.1, -0.05) is 51.9 Å². The summed E-state index contributed by atoms with van der Waals surface area (Å²) < 4.78 is 0. The predicted molar refractivity (Wildman–Crippen MR) is 85.6 cm³/mol. The molecule has 0 N–H and O–H groups in total. The first-order valence-electron chi connectivity index (χ1n) is 7.40. The van der Waals surface area contributed by atoms with E-state index >= 15 is 0 Å². The molecule has 1 nitrogen and oxygen atoms in total. The van der Waals surface area contributed by atoms with E-state index in [4.69, 9.17) is 0 Å². The molecule has 0 saturated heterocycles. The van der Waals surface area contributed by atoms with Gasteiger partial charge in [-0.15, -0.1) is 5.54 Å². The Kier molecular flexibility index (Phi) is 5.21. The summed E-state index contributed by atoms with van der Waals surface area (Å²) in [6.07, 6.45) is 4.96. The molecule has 0 aliphatic heterocycles. The van der Waals surface area contributed by atoms with Crippen LogP contribution in [0.15, 0.2) is 11.1 Å². The second-order valence-corrected chi connectivity index (χ2v) is 12.1. The highest BCUT2D eigenvalue weighted by molar-refractivity contribution is 6.83. The van der Waals surface area contributed by atoms with Crippen molar-refractivity contribution >= 4 is 14.4 Å².